The van der Waals surface area contributed by atoms with Crippen LogP contribution in [-0.2, 0) is 7.05 Å². The third-order valence-electron chi connectivity index (χ3n) is 2.15. The van der Waals surface area contributed by atoms with Gasteiger partial charge in [0, 0.05) is 12.6 Å². The molecular formula is C10H11N5O2. The van der Waals surface area contributed by atoms with Crippen LogP contribution in [0.2, 0.25) is 0 Å². The number of nitrogens with two attached hydrogens (primary N) is 1. The molecule has 17 heavy (non-hydrogen) atoms. The topological polar surface area (TPSA) is 106 Å². The maximum atomic E-state index is 11.7. The summed E-state index contributed by atoms with van der Waals surface area (Å²) < 4.78 is 1.35. The molecule has 1 aromatic heterocycles. The number of benzene rings is 1. The number of amides is 1. The van der Waals surface area contributed by atoms with E-state index in [9.17, 15) is 4.79 Å². The number of hydrogen-bond donors (Lipinski definition) is 3. The highest BCUT2D eigenvalue weighted by molar-refractivity contribution is 6.03. The summed E-state index contributed by atoms with van der Waals surface area (Å²) in [6.07, 6.45) is 0. The molecule has 0 radical (unpaired) electrons. The van der Waals surface area contributed by atoms with Crippen LogP contribution in [0.15, 0.2) is 24.3 Å². The maximum absolute atomic E-state index is 11.7. The molecular weight excluding hydrogens is 222 g/mol. The number of rotatable bonds is 2. The van der Waals surface area contributed by atoms with E-state index in [1.165, 1.54) is 28.9 Å². The smallest absolute Gasteiger partial charge is 0.258 e. The molecule has 0 saturated carbocycles. The predicted octanol–water partition coefficient (Wildman–Crippen LogP) is 0.355. The molecule has 0 aliphatic rings. The number of aromatic hydroxyl groups is 1. The highest BCUT2D eigenvalue weighted by Gasteiger charge is 2.10. The Hall–Kier alpha value is -2.57. The average molecular weight is 233 g/mol. The van der Waals surface area contributed by atoms with Gasteiger partial charge in [0.05, 0.1) is 0 Å². The van der Waals surface area contributed by atoms with Gasteiger partial charge in [-0.3, -0.25) is 10.1 Å². The van der Waals surface area contributed by atoms with E-state index in [1.54, 1.807) is 7.05 Å². The molecule has 0 unspecified atom stereocenters. The summed E-state index contributed by atoms with van der Waals surface area (Å²) in [6, 6.07) is 5.85. The Labute approximate surface area is 96.9 Å². The van der Waals surface area contributed by atoms with Crippen LogP contribution in [0.1, 0.15) is 10.4 Å². The Kier molecular flexibility index (Phi) is 2.65. The van der Waals surface area contributed by atoms with E-state index in [-0.39, 0.29) is 23.6 Å². The molecule has 0 atom stereocenters. The van der Waals surface area contributed by atoms with E-state index in [4.69, 9.17) is 10.8 Å². The van der Waals surface area contributed by atoms with Crippen molar-refractivity contribution in [2.24, 2.45) is 7.05 Å². The standard InChI is InChI=1S/C10H11N5O2/c1-15-9(11)13-10(14-15)12-8(17)6-2-4-7(16)5-3-6/h2-5,16H,1H3,(H3,11,12,13,14,17). The van der Waals surface area contributed by atoms with E-state index in [0.29, 0.717) is 5.56 Å². The summed E-state index contributed by atoms with van der Waals surface area (Å²) >= 11 is 0. The Bertz CT molecular complexity index is 527. The molecule has 0 aliphatic heterocycles. The number of carbonyl (C=O) groups is 1. The number of hydrogen-bond acceptors (Lipinski definition) is 5. The molecule has 2 aromatic rings. The number of carbonyl (C=O) groups excluding carboxylic acids is 1. The number of nitrogen functional groups attached to an aromatic ring is 1. The predicted molar refractivity (Wildman–Crippen MR) is 61.5 cm³/mol. The van der Waals surface area contributed by atoms with Crippen LogP contribution >= 0.6 is 0 Å². The third-order valence-corrected chi connectivity index (χ3v) is 2.15. The van der Waals surface area contributed by atoms with Gasteiger partial charge in [0.15, 0.2) is 0 Å². The highest BCUT2D eigenvalue weighted by atomic mass is 16.3. The molecule has 0 spiro atoms. The Morgan fingerprint density at radius 1 is 1.41 bits per heavy atom. The number of phenols is 1. The average Bonchev–Trinajstić information content (AvgIpc) is 2.58. The van der Waals surface area contributed by atoms with Gasteiger partial charge in [-0.25, -0.2) is 4.68 Å². The number of nitrogens with one attached hydrogen (secondary N) is 1. The second-order valence-electron chi connectivity index (χ2n) is 3.42. The van der Waals surface area contributed by atoms with Gasteiger partial charge in [-0.15, -0.1) is 5.10 Å². The minimum Gasteiger partial charge on any atom is -0.508 e. The first kappa shape index (κ1) is 10.9. The zero-order valence-corrected chi connectivity index (χ0v) is 9.08. The summed E-state index contributed by atoms with van der Waals surface area (Å²) in [4.78, 5) is 15.6. The molecule has 0 saturated heterocycles. The fraction of sp³-hybridized carbons (Fsp3) is 0.100. The number of aryl methyl sites for hydroxylation is 1. The normalized spacial score (nSPS) is 10.2. The maximum Gasteiger partial charge on any atom is 0.258 e. The fourth-order valence-corrected chi connectivity index (χ4v) is 1.24. The molecule has 1 amide bonds. The van der Waals surface area contributed by atoms with Gasteiger partial charge in [-0.2, -0.15) is 4.98 Å². The quantitative estimate of drug-likeness (QED) is 0.694. The second-order valence-corrected chi connectivity index (χ2v) is 3.42. The SMILES string of the molecule is Cn1nc(NC(=O)c2ccc(O)cc2)nc1N. The van der Waals surface area contributed by atoms with Crippen molar-refractivity contribution in [3.63, 3.8) is 0 Å². The van der Waals surface area contributed by atoms with Crippen molar-refractivity contribution in [2.75, 3.05) is 11.1 Å². The summed E-state index contributed by atoms with van der Waals surface area (Å²) in [5.74, 6) is 0.0893. The zero-order chi connectivity index (χ0) is 12.4. The van der Waals surface area contributed by atoms with Gasteiger partial charge in [0.1, 0.15) is 5.75 Å². The lowest BCUT2D eigenvalue weighted by Crippen LogP contribution is -2.13. The van der Waals surface area contributed by atoms with Gasteiger partial charge < -0.3 is 10.8 Å². The first-order valence-electron chi connectivity index (χ1n) is 4.83. The molecule has 1 heterocycles. The molecule has 4 N–H and O–H groups in total. The van der Waals surface area contributed by atoms with Crippen LogP contribution < -0.4 is 11.1 Å². The van der Waals surface area contributed by atoms with Gasteiger partial charge in [0.25, 0.3) is 11.9 Å². The summed E-state index contributed by atoms with van der Waals surface area (Å²) in [7, 11) is 1.62. The van der Waals surface area contributed by atoms with Crippen LogP contribution in [0.25, 0.3) is 0 Å². The fourth-order valence-electron chi connectivity index (χ4n) is 1.24. The molecule has 7 heteroatoms. The molecule has 0 aliphatic carbocycles. The van der Waals surface area contributed by atoms with Crippen molar-refractivity contribution in [1.29, 1.82) is 0 Å². The molecule has 2 rings (SSSR count). The zero-order valence-electron chi connectivity index (χ0n) is 9.08. The van der Waals surface area contributed by atoms with Crippen molar-refractivity contribution in [1.82, 2.24) is 14.8 Å². The number of phenolic OH excluding ortho intramolecular Hbond substituents is 1. The number of aromatic nitrogens is 3. The summed E-state index contributed by atoms with van der Waals surface area (Å²) in [5, 5.41) is 15.5. The van der Waals surface area contributed by atoms with Crippen LogP contribution in [0.3, 0.4) is 0 Å². The molecule has 88 valence electrons. The van der Waals surface area contributed by atoms with E-state index >= 15 is 0 Å². The van der Waals surface area contributed by atoms with E-state index in [1.807, 2.05) is 0 Å². The first-order valence-corrected chi connectivity index (χ1v) is 4.83. The van der Waals surface area contributed by atoms with E-state index < -0.39 is 0 Å². The minimum absolute atomic E-state index is 0.0988. The van der Waals surface area contributed by atoms with Crippen molar-refractivity contribution in [3.8, 4) is 5.75 Å². The molecule has 0 bridgehead atoms. The van der Waals surface area contributed by atoms with Gasteiger partial charge in [-0.1, -0.05) is 0 Å². The van der Waals surface area contributed by atoms with Gasteiger partial charge in [-0.05, 0) is 24.3 Å². The second kappa shape index (κ2) is 4.12. The van der Waals surface area contributed by atoms with Crippen LogP contribution in [-0.4, -0.2) is 25.8 Å². The molecule has 1 aromatic carbocycles. The van der Waals surface area contributed by atoms with Crippen LogP contribution in [0, 0.1) is 0 Å². The lowest BCUT2D eigenvalue weighted by Gasteiger charge is -2.00. The van der Waals surface area contributed by atoms with E-state index in [2.05, 4.69) is 15.4 Å². The summed E-state index contributed by atoms with van der Waals surface area (Å²) in [5.41, 5.74) is 5.88. The van der Waals surface area contributed by atoms with Crippen LogP contribution in [0.4, 0.5) is 11.9 Å². The Balaban J connectivity index is 2.14. The van der Waals surface area contributed by atoms with Crippen LogP contribution in [0.5, 0.6) is 5.75 Å². The van der Waals surface area contributed by atoms with Crippen molar-refractivity contribution < 1.29 is 9.90 Å². The van der Waals surface area contributed by atoms with Crippen molar-refractivity contribution in [3.05, 3.63) is 29.8 Å². The Morgan fingerprint density at radius 2 is 2.06 bits per heavy atom. The van der Waals surface area contributed by atoms with Gasteiger partial charge >= 0.3 is 0 Å². The highest BCUT2D eigenvalue weighted by Crippen LogP contribution is 2.11. The first-order chi connectivity index (χ1) is 8.06. The lowest BCUT2D eigenvalue weighted by molar-refractivity contribution is 0.102. The van der Waals surface area contributed by atoms with Crippen molar-refractivity contribution in [2.45, 2.75) is 0 Å². The minimum atomic E-state index is -0.365. The van der Waals surface area contributed by atoms with Gasteiger partial charge in [0.2, 0.25) is 5.95 Å². The number of anilines is 2. The monoisotopic (exact) mass is 233 g/mol. The van der Waals surface area contributed by atoms with E-state index in [0.717, 1.165) is 0 Å². The third kappa shape index (κ3) is 2.33. The Morgan fingerprint density at radius 3 is 2.59 bits per heavy atom. The van der Waals surface area contributed by atoms with Crippen molar-refractivity contribution >= 4 is 17.8 Å². The number of nitrogens with zero attached hydrogens (tertiary/aromatic N) is 3. The molecule has 7 nitrogen and oxygen atoms in total. The summed E-state index contributed by atoms with van der Waals surface area (Å²) in [6.45, 7) is 0. The lowest BCUT2D eigenvalue weighted by atomic mass is 10.2. The molecule has 0 fully saturated rings. The largest absolute Gasteiger partial charge is 0.508 e.